The molecule has 0 saturated carbocycles. The zero-order valence-corrected chi connectivity index (χ0v) is 12.6. The molecule has 19 heavy (non-hydrogen) atoms. The predicted octanol–water partition coefficient (Wildman–Crippen LogP) is 2.04. The fourth-order valence-corrected chi connectivity index (χ4v) is 2.50. The fourth-order valence-electron chi connectivity index (χ4n) is 2.12. The summed E-state index contributed by atoms with van der Waals surface area (Å²) in [6.07, 6.45) is 0.544. The predicted molar refractivity (Wildman–Crippen MR) is 78.3 cm³/mol. The Morgan fingerprint density at radius 2 is 2.26 bits per heavy atom. The van der Waals surface area contributed by atoms with E-state index in [1.807, 2.05) is 36.1 Å². The Kier molecular flexibility index (Phi) is 5.22. The molecule has 0 spiro atoms. The summed E-state index contributed by atoms with van der Waals surface area (Å²) >= 11 is 3.39. The van der Waals surface area contributed by atoms with Gasteiger partial charge >= 0.3 is 0 Å². The lowest BCUT2D eigenvalue weighted by atomic mass is 10.3. The summed E-state index contributed by atoms with van der Waals surface area (Å²) in [6, 6.07) is 7.55. The average molecular weight is 327 g/mol. The molecule has 0 aromatic heterocycles. The number of amides is 1. The highest BCUT2D eigenvalue weighted by atomic mass is 79.9. The van der Waals surface area contributed by atoms with Crippen molar-refractivity contribution in [1.82, 2.24) is 10.2 Å². The van der Waals surface area contributed by atoms with Gasteiger partial charge in [-0.05, 0) is 38.1 Å². The second kappa shape index (κ2) is 6.91. The van der Waals surface area contributed by atoms with Crippen LogP contribution in [0.25, 0.3) is 0 Å². The van der Waals surface area contributed by atoms with Crippen molar-refractivity contribution in [1.29, 1.82) is 0 Å². The molecular formula is C14H19BrN2O2. The lowest BCUT2D eigenvalue weighted by Crippen LogP contribution is -2.42. The highest BCUT2D eigenvalue weighted by Gasteiger charge is 2.22. The van der Waals surface area contributed by atoms with Gasteiger partial charge in [-0.25, -0.2) is 0 Å². The monoisotopic (exact) mass is 326 g/mol. The number of nitrogens with zero attached hydrogens (tertiary/aromatic N) is 1. The van der Waals surface area contributed by atoms with Crippen molar-refractivity contribution in [2.45, 2.75) is 19.4 Å². The molecule has 1 saturated heterocycles. The van der Waals surface area contributed by atoms with Gasteiger partial charge in [0.1, 0.15) is 5.75 Å². The molecule has 1 aliphatic heterocycles. The van der Waals surface area contributed by atoms with Gasteiger partial charge in [0, 0.05) is 24.1 Å². The zero-order chi connectivity index (χ0) is 13.7. The number of carbonyl (C=O) groups excluding carboxylic acids is 1. The van der Waals surface area contributed by atoms with Gasteiger partial charge in [0.25, 0.3) is 5.91 Å². The molecule has 1 aromatic carbocycles. The van der Waals surface area contributed by atoms with E-state index >= 15 is 0 Å². The Labute approximate surface area is 122 Å². The Bertz CT molecular complexity index is 431. The van der Waals surface area contributed by atoms with Crippen molar-refractivity contribution in [3.05, 3.63) is 28.7 Å². The largest absolute Gasteiger partial charge is 0.481 e. The maximum atomic E-state index is 12.3. The van der Waals surface area contributed by atoms with Crippen molar-refractivity contribution < 1.29 is 9.53 Å². The smallest absolute Gasteiger partial charge is 0.263 e. The van der Waals surface area contributed by atoms with Gasteiger partial charge in [0.05, 0.1) is 0 Å². The Morgan fingerprint density at radius 3 is 3.05 bits per heavy atom. The molecule has 1 N–H and O–H groups in total. The van der Waals surface area contributed by atoms with Crippen LogP contribution < -0.4 is 10.1 Å². The zero-order valence-electron chi connectivity index (χ0n) is 11.1. The molecule has 1 heterocycles. The van der Waals surface area contributed by atoms with Gasteiger partial charge in [-0.3, -0.25) is 4.79 Å². The molecule has 0 radical (unpaired) electrons. The first-order valence-corrected chi connectivity index (χ1v) is 7.38. The molecule has 2 rings (SSSR count). The van der Waals surface area contributed by atoms with Crippen LogP contribution >= 0.6 is 15.9 Å². The number of carbonyl (C=O) groups is 1. The summed E-state index contributed by atoms with van der Waals surface area (Å²) in [5.41, 5.74) is 0. The minimum Gasteiger partial charge on any atom is -0.481 e. The van der Waals surface area contributed by atoms with Crippen molar-refractivity contribution in [3.8, 4) is 5.75 Å². The lowest BCUT2D eigenvalue weighted by molar-refractivity contribution is -0.137. The first-order valence-electron chi connectivity index (χ1n) is 6.58. The first kappa shape index (κ1) is 14.3. The van der Waals surface area contributed by atoms with E-state index in [1.54, 1.807) is 0 Å². The maximum Gasteiger partial charge on any atom is 0.263 e. The van der Waals surface area contributed by atoms with Crippen LogP contribution in [0, 0.1) is 0 Å². The summed E-state index contributed by atoms with van der Waals surface area (Å²) in [5, 5.41) is 3.29. The molecule has 1 aliphatic rings. The van der Waals surface area contributed by atoms with E-state index in [9.17, 15) is 4.79 Å². The van der Waals surface area contributed by atoms with Crippen molar-refractivity contribution in [2.75, 3.05) is 26.2 Å². The van der Waals surface area contributed by atoms with E-state index < -0.39 is 6.10 Å². The number of rotatable bonds is 3. The summed E-state index contributed by atoms with van der Waals surface area (Å²) in [6.45, 7) is 5.20. The van der Waals surface area contributed by atoms with Crippen LogP contribution in [-0.4, -0.2) is 43.1 Å². The second-order valence-electron chi connectivity index (χ2n) is 4.65. The van der Waals surface area contributed by atoms with Gasteiger partial charge < -0.3 is 15.0 Å². The number of hydrogen-bond donors (Lipinski definition) is 1. The first-order chi connectivity index (χ1) is 9.16. The highest BCUT2D eigenvalue weighted by molar-refractivity contribution is 9.10. The molecule has 0 bridgehead atoms. The van der Waals surface area contributed by atoms with Crippen LogP contribution in [0.1, 0.15) is 13.3 Å². The molecule has 4 nitrogen and oxygen atoms in total. The second-order valence-corrected chi connectivity index (χ2v) is 5.56. The summed E-state index contributed by atoms with van der Waals surface area (Å²) in [4.78, 5) is 14.2. The topological polar surface area (TPSA) is 41.6 Å². The summed E-state index contributed by atoms with van der Waals surface area (Å²) in [7, 11) is 0. The van der Waals surface area contributed by atoms with Crippen LogP contribution in [0.3, 0.4) is 0 Å². The quantitative estimate of drug-likeness (QED) is 0.924. The van der Waals surface area contributed by atoms with Gasteiger partial charge in [0.2, 0.25) is 0 Å². The molecular weight excluding hydrogens is 308 g/mol. The fraction of sp³-hybridized carbons (Fsp3) is 0.500. The van der Waals surface area contributed by atoms with Crippen LogP contribution in [0.15, 0.2) is 28.7 Å². The molecule has 1 atom stereocenters. The SMILES string of the molecule is CC(Oc1cccc(Br)c1)C(=O)N1CCCNCC1. The number of halogens is 1. The third kappa shape index (κ3) is 4.21. The minimum atomic E-state index is -0.451. The van der Waals surface area contributed by atoms with Gasteiger partial charge in [-0.1, -0.05) is 22.0 Å². The Hall–Kier alpha value is -1.07. The van der Waals surface area contributed by atoms with E-state index in [0.717, 1.165) is 37.1 Å². The van der Waals surface area contributed by atoms with Crippen molar-refractivity contribution in [3.63, 3.8) is 0 Å². The molecule has 1 fully saturated rings. The van der Waals surface area contributed by atoms with Crippen LogP contribution in [0.4, 0.5) is 0 Å². The van der Waals surface area contributed by atoms with Gasteiger partial charge in [0.15, 0.2) is 6.10 Å². The van der Waals surface area contributed by atoms with E-state index in [-0.39, 0.29) is 5.91 Å². The normalized spacial score (nSPS) is 17.7. The van der Waals surface area contributed by atoms with E-state index in [0.29, 0.717) is 5.75 Å². The number of hydrogen-bond acceptors (Lipinski definition) is 3. The molecule has 1 unspecified atom stereocenters. The van der Waals surface area contributed by atoms with Gasteiger partial charge in [-0.2, -0.15) is 0 Å². The van der Waals surface area contributed by atoms with Crippen LogP contribution in [-0.2, 0) is 4.79 Å². The maximum absolute atomic E-state index is 12.3. The van der Waals surface area contributed by atoms with Crippen molar-refractivity contribution in [2.24, 2.45) is 0 Å². The minimum absolute atomic E-state index is 0.0590. The Balaban J connectivity index is 1.94. The highest BCUT2D eigenvalue weighted by Crippen LogP contribution is 2.19. The third-order valence-corrected chi connectivity index (χ3v) is 3.60. The van der Waals surface area contributed by atoms with Crippen molar-refractivity contribution >= 4 is 21.8 Å². The molecule has 1 aromatic rings. The van der Waals surface area contributed by atoms with Gasteiger partial charge in [-0.15, -0.1) is 0 Å². The van der Waals surface area contributed by atoms with E-state index in [2.05, 4.69) is 21.2 Å². The number of benzene rings is 1. The van der Waals surface area contributed by atoms with E-state index in [1.165, 1.54) is 0 Å². The van der Waals surface area contributed by atoms with Crippen LogP contribution in [0.5, 0.6) is 5.75 Å². The summed E-state index contributed by atoms with van der Waals surface area (Å²) < 4.78 is 6.66. The molecule has 0 aliphatic carbocycles. The average Bonchev–Trinajstić information content (AvgIpc) is 2.66. The standard InChI is InChI=1S/C14H19BrN2O2/c1-11(19-13-5-2-4-12(15)10-13)14(18)17-8-3-6-16-7-9-17/h2,4-5,10-11,16H,3,6-9H2,1H3. The Morgan fingerprint density at radius 1 is 1.42 bits per heavy atom. The molecule has 1 amide bonds. The molecule has 5 heteroatoms. The number of ether oxygens (including phenoxy) is 1. The summed E-state index contributed by atoms with van der Waals surface area (Å²) in [5.74, 6) is 0.770. The molecule has 104 valence electrons. The lowest BCUT2D eigenvalue weighted by Gasteiger charge is -2.24. The van der Waals surface area contributed by atoms with Crippen LogP contribution in [0.2, 0.25) is 0 Å². The number of nitrogens with one attached hydrogen (secondary N) is 1. The van der Waals surface area contributed by atoms with E-state index in [4.69, 9.17) is 4.74 Å². The third-order valence-electron chi connectivity index (χ3n) is 3.11.